The number of nitrogens with zero attached hydrogens (tertiary/aromatic N) is 1. The van der Waals surface area contributed by atoms with Crippen LogP contribution >= 0.6 is 0 Å². The van der Waals surface area contributed by atoms with Gasteiger partial charge in [0.1, 0.15) is 34.7 Å². The summed E-state index contributed by atoms with van der Waals surface area (Å²) in [5.74, 6) is 0.743. The molecule has 1 aromatic heterocycles. The molecule has 0 amide bonds. The van der Waals surface area contributed by atoms with Crippen molar-refractivity contribution < 1.29 is 23.4 Å². The van der Waals surface area contributed by atoms with Crippen molar-refractivity contribution in [2.45, 2.75) is 12.8 Å². The quantitative estimate of drug-likeness (QED) is 0.511. The van der Waals surface area contributed by atoms with Gasteiger partial charge in [-0.2, -0.15) is 5.26 Å². The SMILES string of the molecule is Cc1cccc(OCC(=O)Oc2ccc3c(c2)OC(N)=C(C#N)C3c2ccco2)c1. The van der Waals surface area contributed by atoms with E-state index in [2.05, 4.69) is 6.07 Å². The summed E-state index contributed by atoms with van der Waals surface area (Å²) in [6.07, 6.45) is 1.53. The van der Waals surface area contributed by atoms with Gasteiger partial charge in [-0.05, 0) is 42.8 Å². The van der Waals surface area contributed by atoms with Crippen LogP contribution in [0.1, 0.15) is 22.8 Å². The number of hydrogen-bond donors (Lipinski definition) is 1. The lowest BCUT2D eigenvalue weighted by atomic mass is 9.87. The van der Waals surface area contributed by atoms with Gasteiger partial charge in [-0.25, -0.2) is 4.79 Å². The predicted molar refractivity (Wildman–Crippen MR) is 107 cm³/mol. The highest BCUT2D eigenvalue weighted by Gasteiger charge is 2.32. The summed E-state index contributed by atoms with van der Waals surface area (Å²) in [6, 6.07) is 17.9. The van der Waals surface area contributed by atoms with Gasteiger partial charge in [0.25, 0.3) is 0 Å². The van der Waals surface area contributed by atoms with Crippen LogP contribution in [0.15, 0.2) is 76.7 Å². The Hall–Kier alpha value is -4.18. The van der Waals surface area contributed by atoms with Crippen LogP contribution < -0.4 is 19.9 Å². The summed E-state index contributed by atoms with van der Waals surface area (Å²) in [6.45, 7) is 1.70. The third-order valence-corrected chi connectivity index (χ3v) is 4.60. The van der Waals surface area contributed by atoms with Crippen molar-refractivity contribution in [3.05, 3.63) is 89.2 Å². The standard InChI is InChI=1S/C23H18N2O5/c1-14-4-2-5-15(10-14)28-13-21(26)29-16-7-8-17-20(11-16)30-23(25)18(12-24)22(17)19-6-3-9-27-19/h2-11,22H,13,25H2,1H3. The zero-order valence-electron chi connectivity index (χ0n) is 16.1. The van der Waals surface area contributed by atoms with Crippen LogP contribution in [0, 0.1) is 18.3 Å². The molecule has 2 N–H and O–H groups in total. The first-order valence-corrected chi connectivity index (χ1v) is 9.20. The molecule has 1 aliphatic heterocycles. The number of allylic oxidation sites excluding steroid dienone is 1. The van der Waals surface area contributed by atoms with E-state index in [0.717, 1.165) is 5.56 Å². The first kappa shape index (κ1) is 19.2. The minimum Gasteiger partial charge on any atom is -0.482 e. The minimum absolute atomic E-state index is 0.0161. The number of ether oxygens (including phenoxy) is 3. The van der Waals surface area contributed by atoms with Gasteiger partial charge in [-0.15, -0.1) is 0 Å². The second-order valence-electron chi connectivity index (χ2n) is 6.72. The molecule has 1 atom stereocenters. The molecule has 0 saturated carbocycles. The summed E-state index contributed by atoms with van der Waals surface area (Å²) >= 11 is 0. The number of benzene rings is 2. The summed E-state index contributed by atoms with van der Waals surface area (Å²) in [7, 11) is 0. The van der Waals surface area contributed by atoms with Crippen LogP contribution in [0.25, 0.3) is 0 Å². The lowest BCUT2D eigenvalue weighted by Gasteiger charge is -2.25. The Morgan fingerprint density at radius 2 is 2.03 bits per heavy atom. The van der Waals surface area contributed by atoms with Crippen LogP contribution in [-0.2, 0) is 4.79 Å². The summed E-state index contributed by atoms with van der Waals surface area (Å²) < 4.78 is 21.9. The fourth-order valence-corrected chi connectivity index (χ4v) is 3.26. The van der Waals surface area contributed by atoms with E-state index in [1.807, 2.05) is 25.1 Å². The first-order chi connectivity index (χ1) is 14.5. The largest absolute Gasteiger partial charge is 0.482 e. The zero-order chi connectivity index (χ0) is 21.1. The maximum absolute atomic E-state index is 12.2. The Morgan fingerprint density at radius 1 is 1.17 bits per heavy atom. The van der Waals surface area contributed by atoms with Crippen LogP contribution in [0.3, 0.4) is 0 Å². The van der Waals surface area contributed by atoms with Crippen molar-refractivity contribution >= 4 is 5.97 Å². The molecule has 3 aromatic rings. The van der Waals surface area contributed by atoms with Crippen molar-refractivity contribution in [1.29, 1.82) is 5.26 Å². The smallest absolute Gasteiger partial charge is 0.349 e. The zero-order valence-corrected chi connectivity index (χ0v) is 16.1. The van der Waals surface area contributed by atoms with Gasteiger partial charge in [-0.1, -0.05) is 18.2 Å². The maximum atomic E-state index is 12.2. The average Bonchev–Trinajstić information content (AvgIpc) is 3.25. The number of nitriles is 1. The van der Waals surface area contributed by atoms with Gasteiger partial charge in [0.2, 0.25) is 5.88 Å². The topological polar surface area (TPSA) is 108 Å². The van der Waals surface area contributed by atoms with Crippen molar-refractivity contribution in [1.82, 2.24) is 0 Å². The number of furan rings is 1. The molecule has 4 rings (SSSR count). The van der Waals surface area contributed by atoms with Gasteiger partial charge in [-0.3, -0.25) is 0 Å². The Bertz CT molecular complexity index is 1160. The fourth-order valence-electron chi connectivity index (χ4n) is 3.26. The molecule has 1 aliphatic rings. The van der Waals surface area contributed by atoms with E-state index < -0.39 is 11.9 Å². The summed E-state index contributed by atoms with van der Waals surface area (Å²) in [5.41, 5.74) is 7.92. The summed E-state index contributed by atoms with van der Waals surface area (Å²) in [4.78, 5) is 12.2. The molecule has 2 aromatic carbocycles. The highest BCUT2D eigenvalue weighted by molar-refractivity contribution is 5.74. The van der Waals surface area contributed by atoms with Crippen LogP contribution in [0.4, 0.5) is 0 Å². The Morgan fingerprint density at radius 3 is 2.77 bits per heavy atom. The van der Waals surface area contributed by atoms with E-state index in [4.69, 9.17) is 24.4 Å². The molecule has 0 spiro atoms. The van der Waals surface area contributed by atoms with Gasteiger partial charge >= 0.3 is 5.97 Å². The molecular formula is C23H18N2O5. The Balaban J connectivity index is 1.51. The van der Waals surface area contributed by atoms with E-state index in [1.54, 1.807) is 36.4 Å². The number of carbonyl (C=O) groups is 1. The van der Waals surface area contributed by atoms with Gasteiger partial charge in [0.15, 0.2) is 6.61 Å². The lowest BCUT2D eigenvalue weighted by Crippen LogP contribution is -2.21. The molecule has 0 radical (unpaired) electrons. The Kier molecular flexibility index (Phi) is 5.14. The molecule has 7 heteroatoms. The number of hydrogen-bond acceptors (Lipinski definition) is 7. The normalized spacial score (nSPS) is 15.0. The van der Waals surface area contributed by atoms with Crippen LogP contribution in [0.5, 0.6) is 17.2 Å². The number of fused-ring (bicyclic) bond motifs is 1. The second kappa shape index (κ2) is 8.05. The second-order valence-corrected chi connectivity index (χ2v) is 6.72. The van der Waals surface area contributed by atoms with Gasteiger partial charge < -0.3 is 24.4 Å². The third kappa shape index (κ3) is 3.84. The van der Waals surface area contributed by atoms with E-state index >= 15 is 0 Å². The number of aryl methyl sites for hydroxylation is 1. The monoisotopic (exact) mass is 402 g/mol. The molecule has 7 nitrogen and oxygen atoms in total. The number of rotatable bonds is 5. The highest BCUT2D eigenvalue weighted by Crippen LogP contribution is 2.43. The van der Waals surface area contributed by atoms with Crippen molar-refractivity contribution in [3.8, 4) is 23.3 Å². The van der Waals surface area contributed by atoms with Crippen LogP contribution in [0.2, 0.25) is 0 Å². The van der Waals surface area contributed by atoms with E-state index in [-0.39, 0.29) is 23.8 Å². The molecule has 0 bridgehead atoms. The van der Waals surface area contributed by atoms with E-state index in [9.17, 15) is 10.1 Å². The molecule has 0 aliphatic carbocycles. The third-order valence-electron chi connectivity index (χ3n) is 4.60. The van der Waals surface area contributed by atoms with Crippen molar-refractivity contribution in [2.24, 2.45) is 5.73 Å². The lowest BCUT2D eigenvalue weighted by molar-refractivity contribution is -0.136. The van der Waals surface area contributed by atoms with E-state index in [0.29, 0.717) is 22.8 Å². The number of carbonyl (C=O) groups excluding carboxylic acids is 1. The molecule has 0 saturated heterocycles. The van der Waals surface area contributed by atoms with Crippen LogP contribution in [-0.4, -0.2) is 12.6 Å². The molecule has 1 unspecified atom stereocenters. The van der Waals surface area contributed by atoms with Gasteiger partial charge in [0.05, 0.1) is 12.2 Å². The van der Waals surface area contributed by atoms with Crippen molar-refractivity contribution in [2.75, 3.05) is 6.61 Å². The summed E-state index contributed by atoms with van der Waals surface area (Å²) in [5, 5.41) is 9.51. The molecule has 150 valence electrons. The van der Waals surface area contributed by atoms with E-state index in [1.165, 1.54) is 6.26 Å². The molecule has 2 heterocycles. The number of nitrogens with two attached hydrogens (primary N) is 1. The molecule has 30 heavy (non-hydrogen) atoms. The minimum atomic E-state index is -0.559. The average molecular weight is 402 g/mol. The van der Waals surface area contributed by atoms with Gasteiger partial charge in [0, 0.05) is 11.6 Å². The van der Waals surface area contributed by atoms with Crippen molar-refractivity contribution in [3.63, 3.8) is 0 Å². The first-order valence-electron chi connectivity index (χ1n) is 9.20. The number of esters is 1. The maximum Gasteiger partial charge on any atom is 0.349 e. The molecule has 0 fully saturated rings. The predicted octanol–water partition coefficient (Wildman–Crippen LogP) is 3.79. The fraction of sp³-hybridized carbons (Fsp3) is 0.130. The Labute approximate surface area is 172 Å². The molecular weight excluding hydrogens is 384 g/mol. The highest BCUT2D eigenvalue weighted by atomic mass is 16.6.